The van der Waals surface area contributed by atoms with E-state index in [9.17, 15) is 0 Å². The van der Waals surface area contributed by atoms with E-state index in [1.807, 2.05) is 12.1 Å². The quantitative estimate of drug-likeness (QED) is 0.700. The van der Waals surface area contributed by atoms with E-state index in [0.29, 0.717) is 5.82 Å². The summed E-state index contributed by atoms with van der Waals surface area (Å²) in [6, 6.07) is 4.04. The average molecular weight is 165 g/mol. The van der Waals surface area contributed by atoms with Gasteiger partial charge in [0, 0.05) is 12.2 Å². The Labute approximate surface area is 72.8 Å². The summed E-state index contributed by atoms with van der Waals surface area (Å²) in [4.78, 5) is 3.99. The summed E-state index contributed by atoms with van der Waals surface area (Å²) in [7, 11) is 0. The molecule has 1 aromatic rings. The van der Waals surface area contributed by atoms with Crippen LogP contribution in [0.3, 0.4) is 0 Å². The highest BCUT2D eigenvalue weighted by atomic mass is 14.8. The summed E-state index contributed by atoms with van der Waals surface area (Å²) in [5.74, 6) is 0.599. The topological polar surface area (TPSA) is 64.9 Å². The molecule has 0 aromatic carbocycles. The molecule has 1 aromatic heterocycles. The first-order chi connectivity index (χ1) is 5.74. The summed E-state index contributed by atoms with van der Waals surface area (Å²) in [5, 5.41) is 0. The van der Waals surface area contributed by atoms with E-state index >= 15 is 0 Å². The molecule has 3 nitrogen and oxygen atoms in total. The lowest BCUT2D eigenvalue weighted by Gasteiger charge is -2.09. The van der Waals surface area contributed by atoms with E-state index < -0.39 is 0 Å². The molecule has 1 rings (SSSR count). The molecule has 1 unspecified atom stereocenters. The van der Waals surface area contributed by atoms with Crippen molar-refractivity contribution >= 4 is 5.82 Å². The Balaban J connectivity index is 2.69. The van der Waals surface area contributed by atoms with Gasteiger partial charge in [0.25, 0.3) is 0 Å². The van der Waals surface area contributed by atoms with Gasteiger partial charge in [-0.05, 0) is 24.5 Å². The molecule has 0 amide bonds. The minimum absolute atomic E-state index is 0.191. The monoisotopic (exact) mass is 165 g/mol. The molecular formula is C9H15N3. The molecule has 0 aliphatic heterocycles. The van der Waals surface area contributed by atoms with Gasteiger partial charge in [0.2, 0.25) is 0 Å². The van der Waals surface area contributed by atoms with Crippen LogP contribution < -0.4 is 11.5 Å². The van der Waals surface area contributed by atoms with Crippen LogP contribution in [0.5, 0.6) is 0 Å². The first-order valence-corrected chi connectivity index (χ1v) is 4.19. The number of aromatic nitrogens is 1. The van der Waals surface area contributed by atoms with Crippen molar-refractivity contribution in [3.8, 4) is 0 Å². The van der Waals surface area contributed by atoms with Gasteiger partial charge in [-0.1, -0.05) is 13.0 Å². The van der Waals surface area contributed by atoms with Crippen LogP contribution in [0.25, 0.3) is 0 Å². The maximum absolute atomic E-state index is 5.79. The van der Waals surface area contributed by atoms with Crippen molar-refractivity contribution in [2.24, 2.45) is 5.73 Å². The molecule has 12 heavy (non-hydrogen) atoms. The van der Waals surface area contributed by atoms with Crippen molar-refractivity contribution in [2.45, 2.75) is 25.8 Å². The molecule has 0 saturated carbocycles. The van der Waals surface area contributed by atoms with Gasteiger partial charge in [-0.15, -0.1) is 0 Å². The Hall–Kier alpha value is -1.09. The predicted octanol–water partition coefficient (Wildman–Crippen LogP) is 0.944. The molecule has 4 N–H and O–H groups in total. The van der Waals surface area contributed by atoms with E-state index in [0.717, 1.165) is 18.4 Å². The highest BCUT2D eigenvalue weighted by molar-refractivity contribution is 5.38. The van der Waals surface area contributed by atoms with E-state index in [-0.39, 0.29) is 6.04 Å². The Morgan fingerprint density at radius 2 is 2.33 bits per heavy atom. The maximum atomic E-state index is 5.79. The second-order valence-corrected chi connectivity index (χ2v) is 2.92. The fraction of sp³-hybridized carbons (Fsp3) is 0.444. The van der Waals surface area contributed by atoms with Crippen molar-refractivity contribution < 1.29 is 0 Å². The molecule has 0 saturated heterocycles. The Morgan fingerprint density at radius 3 is 2.92 bits per heavy atom. The third-order valence-electron chi connectivity index (χ3n) is 1.93. The summed E-state index contributed by atoms with van der Waals surface area (Å²) >= 11 is 0. The largest absolute Gasteiger partial charge is 0.383 e. The lowest BCUT2D eigenvalue weighted by Crippen LogP contribution is -2.22. The molecule has 0 bridgehead atoms. The smallest absolute Gasteiger partial charge is 0.126 e. The van der Waals surface area contributed by atoms with Gasteiger partial charge in [0.05, 0.1) is 0 Å². The summed E-state index contributed by atoms with van der Waals surface area (Å²) < 4.78 is 0. The Kier molecular flexibility index (Phi) is 3.05. The molecule has 66 valence electrons. The number of anilines is 1. The molecule has 0 aliphatic rings. The number of hydrogen-bond acceptors (Lipinski definition) is 3. The van der Waals surface area contributed by atoms with E-state index in [1.54, 1.807) is 6.20 Å². The van der Waals surface area contributed by atoms with Crippen LogP contribution in [-0.2, 0) is 6.42 Å². The maximum Gasteiger partial charge on any atom is 0.126 e. The van der Waals surface area contributed by atoms with Crippen LogP contribution in [-0.4, -0.2) is 11.0 Å². The molecular weight excluding hydrogens is 150 g/mol. The minimum Gasteiger partial charge on any atom is -0.383 e. The van der Waals surface area contributed by atoms with Crippen LogP contribution in [0.15, 0.2) is 18.3 Å². The van der Waals surface area contributed by atoms with E-state index in [4.69, 9.17) is 11.5 Å². The van der Waals surface area contributed by atoms with Crippen molar-refractivity contribution in [1.82, 2.24) is 4.98 Å². The normalized spacial score (nSPS) is 12.8. The lowest BCUT2D eigenvalue weighted by molar-refractivity contribution is 0.646. The average Bonchev–Trinajstić information content (AvgIpc) is 2.09. The van der Waals surface area contributed by atoms with Crippen LogP contribution in [0.4, 0.5) is 5.82 Å². The van der Waals surface area contributed by atoms with Gasteiger partial charge in [-0.25, -0.2) is 4.98 Å². The van der Waals surface area contributed by atoms with Crippen molar-refractivity contribution in [1.29, 1.82) is 0 Å². The Bertz CT molecular complexity index is 247. The zero-order valence-corrected chi connectivity index (χ0v) is 7.33. The summed E-state index contributed by atoms with van der Waals surface area (Å²) in [6.45, 7) is 2.07. The summed E-state index contributed by atoms with van der Waals surface area (Å²) in [6.07, 6.45) is 3.47. The van der Waals surface area contributed by atoms with Gasteiger partial charge in [0.15, 0.2) is 0 Å². The number of nitrogen functional groups attached to an aromatic ring is 1. The second kappa shape index (κ2) is 4.07. The molecule has 0 fully saturated rings. The standard InChI is InChI=1S/C9H15N3/c1-2-8(10)6-7-4-3-5-12-9(7)11/h3-5,8H,2,6,10H2,1H3,(H2,11,12). The fourth-order valence-electron chi connectivity index (χ4n) is 1.05. The van der Waals surface area contributed by atoms with Crippen LogP contribution in [0.1, 0.15) is 18.9 Å². The molecule has 1 heterocycles. The number of hydrogen-bond donors (Lipinski definition) is 2. The summed E-state index contributed by atoms with van der Waals surface area (Å²) in [5.41, 5.74) is 12.5. The first-order valence-electron chi connectivity index (χ1n) is 4.19. The van der Waals surface area contributed by atoms with Crippen LogP contribution in [0.2, 0.25) is 0 Å². The molecule has 1 atom stereocenters. The minimum atomic E-state index is 0.191. The third-order valence-corrected chi connectivity index (χ3v) is 1.93. The highest BCUT2D eigenvalue weighted by Gasteiger charge is 2.03. The van der Waals surface area contributed by atoms with Crippen LogP contribution >= 0.6 is 0 Å². The van der Waals surface area contributed by atoms with Gasteiger partial charge in [-0.2, -0.15) is 0 Å². The fourth-order valence-corrected chi connectivity index (χ4v) is 1.05. The van der Waals surface area contributed by atoms with Gasteiger partial charge in [0.1, 0.15) is 5.82 Å². The van der Waals surface area contributed by atoms with Crippen molar-refractivity contribution in [3.63, 3.8) is 0 Å². The Morgan fingerprint density at radius 1 is 1.58 bits per heavy atom. The van der Waals surface area contributed by atoms with Crippen LogP contribution in [0, 0.1) is 0 Å². The van der Waals surface area contributed by atoms with Crippen molar-refractivity contribution in [2.75, 3.05) is 5.73 Å². The highest BCUT2D eigenvalue weighted by Crippen LogP contribution is 2.09. The molecule has 0 aliphatic carbocycles. The first kappa shape index (κ1) is 9.00. The van der Waals surface area contributed by atoms with Gasteiger partial charge >= 0.3 is 0 Å². The number of rotatable bonds is 3. The second-order valence-electron chi connectivity index (χ2n) is 2.92. The van der Waals surface area contributed by atoms with Crippen molar-refractivity contribution in [3.05, 3.63) is 23.9 Å². The van der Waals surface area contributed by atoms with E-state index in [1.165, 1.54) is 0 Å². The van der Waals surface area contributed by atoms with E-state index in [2.05, 4.69) is 11.9 Å². The third kappa shape index (κ3) is 2.20. The van der Waals surface area contributed by atoms with Gasteiger partial charge in [-0.3, -0.25) is 0 Å². The number of nitrogens with two attached hydrogens (primary N) is 2. The predicted molar refractivity (Wildman–Crippen MR) is 50.6 cm³/mol. The number of pyridine rings is 1. The molecule has 0 spiro atoms. The SMILES string of the molecule is CCC(N)Cc1cccnc1N. The van der Waals surface area contributed by atoms with Gasteiger partial charge < -0.3 is 11.5 Å². The lowest BCUT2D eigenvalue weighted by atomic mass is 10.1. The number of nitrogens with zero attached hydrogens (tertiary/aromatic N) is 1. The zero-order valence-electron chi connectivity index (χ0n) is 7.33. The molecule has 3 heteroatoms. The molecule has 0 radical (unpaired) electrons. The zero-order chi connectivity index (χ0) is 8.97.